The Morgan fingerprint density at radius 1 is 1.24 bits per heavy atom. The Morgan fingerprint density at radius 3 is 2.82 bits per heavy atom. The van der Waals surface area contributed by atoms with E-state index in [9.17, 15) is 9.59 Å². The number of nitrogens with zero attached hydrogens (tertiary/aromatic N) is 2. The van der Waals surface area contributed by atoms with E-state index in [2.05, 4.69) is 16.4 Å². The standard InChI is InChI=1S/C26H26ClN3O3S/c1-14-5-4-6-16(9-14)24-23(29-15(2)34-24)26(32)30-13-17-10-19(17)21(30)12-28-25(31)20-11-18(27)7-8-22(20)33-3/h4-9,11,17,19,21H,10,12-13H2,1-3H3,(H,28,31)/t17-,19-,21+/m0/s1. The Balaban J connectivity index is 1.36. The predicted molar refractivity (Wildman–Crippen MR) is 134 cm³/mol. The monoisotopic (exact) mass is 495 g/mol. The summed E-state index contributed by atoms with van der Waals surface area (Å²) in [7, 11) is 1.52. The number of carbonyl (C=O) groups is 2. The minimum absolute atomic E-state index is 0.0565. The summed E-state index contributed by atoms with van der Waals surface area (Å²) in [5.74, 6) is 1.04. The molecule has 2 amide bonds. The third-order valence-corrected chi connectivity index (χ3v) is 7.91. The normalized spacial score (nSPS) is 20.7. The van der Waals surface area contributed by atoms with Crippen molar-refractivity contribution < 1.29 is 14.3 Å². The van der Waals surface area contributed by atoms with Crippen LogP contribution in [0, 0.1) is 25.7 Å². The molecule has 1 aliphatic carbocycles. The number of benzene rings is 2. The highest BCUT2D eigenvalue weighted by Crippen LogP contribution is 2.50. The molecule has 1 aliphatic heterocycles. The molecule has 0 radical (unpaired) electrons. The molecular formula is C26H26ClN3O3S. The number of thiazole rings is 1. The number of fused-ring (bicyclic) bond motifs is 1. The SMILES string of the molecule is COc1ccc(Cl)cc1C(=O)NC[C@@H]1[C@H]2C[C@H]2CN1C(=O)c1nc(C)sc1-c1cccc(C)c1. The lowest BCUT2D eigenvalue weighted by atomic mass is 10.1. The Hall–Kier alpha value is -2.90. The first kappa shape index (κ1) is 22.9. The quantitative estimate of drug-likeness (QED) is 0.523. The zero-order chi connectivity index (χ0) is 24.0. The van der Waals surface area contributed by atoms with E-state index >= 15 is 0 Å². The van der Waals surface area contributed by atoms with Gasteiger partial charge < -0.3 is 15.0 Å². The lowest BCUT2D eigenvalue weighted by molar-refractivity contribution is 0.0690. The molecule has 3 atom stereocenters. The summed E-state index contributed by atoms with van der Waals surface area (Å²) in [6, 6.07) is 13.1. The lowest BCUT2D eigenvalue weighted by Gasteiger charge is -2.27. The Morgan fingerprint density at radius 2 is 2.06 bits per heavy atom. The molecule has 5 rings (SSSR count). The molecule has 2 fully saturated rings. The first-order valence-corrected chi connectivity index (χ1v) is 12.5. The number of amides is 2. The largest absolute Gasteiger partial charge is 0.496 e. The maximum Gasteiger partial charge on any atom is 0.274 e. The molecule has 0 bridgehead atoms. The summed E-state index contributed by atoms with van der Waals surface area (Å²) in [5.41, 5.74) is 3.04. The van der Waals surface area contributed by atoms with Crippen molar-refractivity contribution in [1.29, 1.82) is 0 Å². The fourth-order valence-corrected chi connectivity index (χ4v) is 5.99. The Kier molecular flexibility index (Phi) is 6.08. The van der Waals surface area contributed by atoms with Gasteiger partial charge >= 0.3 is 0 Å². The summed E-state index contributed by atoms with van der Waals surface area (Å²) in [5, 5.41) is 4.34. The molecule has 1 N–H and O–H groups in total. The summed E-state index contributed by atoms with van der Waals surface area (Å²) in [6.07, 6.45) is 1.09. The predicted octanol–water partition coefficient (Wildman–Crippen LogP) is 4.98. The van der Waals surface area contributed by atoms with Crippen LogP contribution in [0.4, 0.5) is 0 Å². The molecule has 0 unspecified atom stereocenters. The zero-order valence-corrected chi connectivity index (χ0v) is 20.9. The fourth-order valence-electron chi connectivity index (χ4n) is 4.91. The van der Waals surface area contributed by atoms with Crippen molar-refractivity contribution in [2.45, 2.75) is 26.3 Å². The number of methoxy groups -OCH3 is 1. The summed E-state index contributed by atoms with van der Waals surface area (Å²) < 4.78 is 5.31. The first-order valence-electron chi connectivity index (χ1n) is 11.3. The number of carbonyl (C=O) groups excluding carboxylic acids is 2. The van der Waals surface area contributed by atoms with E-state index in [0.29, 0.717) is 47.0 Å². The molecule has 34 heavy (non-hydrogen) atoms. The second-order valence-corrected chi connectivity index (χ2v) is 10.7. The minimum Gasteiger partial charge on any atom is -0.496 e. The highest BCUT2D eigenvalue weighted by Gasteiger charge is 2.54. The second kappa shape index (κ2) is 9.04. The van der Waals surface area contributed by atoms with Crippen LogP contribution in [0.3, 0.4) is 0 Å². The second-order valence-electron chi connectivity index (χ2n) is 9.02. The van der Waals surface area contributed by atoms with E-state index in [0.717, 1.165) is 27.4 Å². The third-order valence-electron chi connectivity index (χ3n) is 6.66. The maximum absolute atomic E-state index is 13.7. The molecule has 3 aromatic rings. The molecular weight excluding hydrogens is 470 g/mol. The van der Waals surface area contributed by atoms with E-state index < -0.39 is 0 Å². The molecule has 2 aromatic carbocycles. The molecule has 2 heterocycles. The number of aromatic nitrogens is 1. The maximum atomic E-state index is 13.7. The number of ether oxygens (including phenoxy) is 1. The van der Waals surface area contributed by atoms with Crippen molar-refractivity contribution in [3.05, 3.63) is 69.3 Å². The molecule has 1 aromatic heterocycles. The van der Waals surface area contributed by atoms with E-state index in [4.69, 9.17) is 16.3 Å². The van der Waals surface area contributed by atoms with E-state index in [1.54, 1.807) is 29.5 Å². The van der Waals surface area contributed by atoms with Crippen LogP contribution in [0.5, 0.6) is 5.75 Å². The van der Waals surface area contributed by atoms with Crippen molar-refractivity contribution in [1.82, 2.24) is 15.2 Å². The highest BCUT2D eigenvalue weighted by atomic mass is 35.5. The van der Waals surface area contributed by atoms with Gasteiger partial charge in [0.05, 0.1) is 28.6 Å². The van der Waals surface area contributed by atoms with Crippen molar-refractivity contribution >= 4 is 34.8 Å². The van der Waals surface area contributed by atoms with Crippen molar-refractivity contribution in [2.24, 2.45) is 11.8 Å². The van der Waals surface area contributed by atoms with Gasteiger partial charge in [0.15, 0.2) is 0 Å². The van der Waals surface area contributed by atoms with Crippen LogP contribution in [0.25, 0.3) is 10.4 Å². The zero-order valence-electron chi connectivity index (χ0n) is 19.3. The Bertz CT molecular complexity index is 1270. The minimum atomic E-state index is -0.263. The average molecular weight is 496 g/mol. The van der Waals surface area contributed by atoms with Crippen LogP contribution in [0.2, 0.25) is 5.02 Å². The van der Waals surface area contributed by atoms with Crippen molar-refractivity contribution in [3.8, 4) is 16.2 Å². The van der Waals surface area contributed by atoms with Crippen LogP contribution in [0.15, 0.2) is 42.5 Å². The molecule has 0 spiro atoms. The number of piperidine rings is 1. The summed E-state index contributed by atoms with van der Waals surface area (Å²) >= 11 is 7.63. The molecule has 2 aliphatic rings. The van der Waals surface area contributed by atoms with Crippen LogP contribution in [-0.2, 0) is 0 Å². The fraction of sp³-hybridized carbons (Fsp3) is 0.346. The Labute approximate surface area is 207 Å². The van der Waals surface area contributed by atoms with Gasteiger partial charge in [-0.3, -0.25) is 9.59 Å². The number of hydrogen-bond acceptors (Lipinski definition) is 5. The molecule has 8 heteroatoms. The van der Waals surface area contributed by atoms with Crippen LogP contribution < -0.4 is 10.1 Å². The van der Waals surface area contributed by atoms with Gasteiger partial charge in [0.2, 0.25) is 0 Å². The molecule has 176 valence electrons. The van der Waals surface area contributed by atoms with Gasteiger partial charge in [-0.15, -0.1) is 11.3 Å². The summed E-state index contributed by atoms with van der Waals surface area (Å²) in [4.78, 5) is 34.0. The summed E-state index contributed by atoms with van der Waals surface area (Å²) in [6.45, 7) is 5.05. The number of hydrogen-bond donors (Lipinski definition) is 1. The molecule has 1 saturated heterocycles. The van der Waals surface area contributed by atoms with Gasteiger partial charge in [-0.1, -0.05) is 41.4 Å². The molecule has 1 saturated carbocycles. The number of rotatable bonds is 6. The van der Waals surface area contributed by atoms with Crippen LogP contribution >= 0.6 is 22.9 Å². The topological polar surface area (TPSA) is 71.5 Å². The van der Waals surface area contributed by atoms with E-state index in [1.807, 2.05) is 36.9 Å². The number of halogens is 1. The van der Waals surface area contributed by atoms with E-state index in [-0.39, 0.29) is 17.9 Å². The van der Waals surface area contributed by atoms with Gasteiger partial charge in [0.1, 0.15) is 11.4 Å². The van der Waals surface area contributed by atoms with E-state index in [1.165, 1.54) is 7.11 Å². The highest BCUT2D eigenvalue weighted by molar-refractivity contribution is 7.15. The van der Waals surface area contributed by atoms with Gasteiger partial charge in [-0.25, -0.2) is 4.98 Å². The number of aryl methyl sites for hydroxylation is 2. The third kappa shape index (κ3) is 4.30. The van der Waals surface area contributed by atoms with Crippen LogP contribution in [-0.4, -0.2) is 47.9 Å². The number of nitrogens with one attached hydrogen (secondary N) is 1. The van der Waals surface area contributed by atoms with Gasteiger partial charge in [0.25, 0.3) is 11.8 Å². The smallest absolute Gasteiger partial charge is 0.274 e. The average Bonchev–Trinajstić information content (AvgIpc) is 3.33. The van der Waals surface area contributed by atoms with Crippen LogP contribution in [0.1, 0.15) is 37.8 Å². The number of likely N-dealkylation sites (tertiary alicyclic amines) is 1. The van der Waals surface area contributed by atoms with Crippen molar-refractivity contribution in [3.63, 3.8) is 0 Å². The van der Waals surface area contributed by atoms with Gasteiger partial charge in [-0.05, 0) is 55.9 Å². The lowest BCUT2D eigenvalue weighted by Crippen LogP contribution is -2.45. The molecule has 6 nitrogen and oxygen atoms in total. The first-order chi connectivity index (χ1) is 16.4. The van der Waals surface area contributed by atoms with Gasteiger partial charge in [-0.2, -0.15) is 0 Å². The van der Waals surface area contributed by atoms with Crippen molar-refractivity contribution in [2.75, 3.05) is 20.2 Å². The van der Waals surface area contributed by atoms with Gasteiger partial charge in [0, 0.05) is 18.1 Å².